The summed E-state index contributed by atoms with van der Waals surface area (Å²) in [4.78, 5) is 13.0. The largest absolute Gasteiger partial charge is 0.354 e. The molecule has 112 valence electrons. The van der Waals surface area contributed by atoms with Crippen LogP contribution in [0.25, 0.3) is 0 Å². The van der Waals surface area contributed by atoms with Gasteiger partial charge in [-0.25, -0.2) is 0 Å². The second-order valence-corrected chi connectivity index (χ2v) is 6.94. The molecule has 0 spiro atoms. The van der Waals surface area contributed by atoms with Gasteiger partial charge in [0.15, 0.2) is 0 Å². The number of rotatable bonds is 5. The highest BCUT2D eigenvalue weighted by Gasteiger charge is 2.39. The number of nitriles is 1. The van der Waals surface area contributed by atoms with Crippen LogP contribution in [0.2, 0.25) is 0 Å². The molecule has 0 radical (unpaired) electrons. The fourth-order valence-electron chi connectivity index (χ4n) is 2.66. The highest BCUT2D eigenvalue weighted by atomic mass is 32.2. The number of hydrogen-bond acceptors (Lipinski definition) is 3. The fraction of sp³-hybridized carbons (Fsp3) is 0.500. The Hall–Kier alpha value is -1.67. The molecule has 4 nitrogen and oxygen atoms in total. The number of carbonyl (C=O) groups is 1. The quantitative estimate of drug-likeness (QED) is 0.908. The molecule has 1 aromatic carbocycles. The molecule has 1 aliphatic carbocycles. The SMILES string of the molecule is N#CC1(C(=O)NCC[S@](=O)c2ccccc2)CCCCC1. The standard InChI is InChI=1S/C16H20N2O2S/c17-13-16(9-5-2-6-10-16)15(19)18-11-12-21(20)14-7-3-1-4-8-14/h1,3-4,7-8H,2,5-6,9-12H2,(H,18,19)/t21-/m0/s1. The summed E-state index contributed by atoms with van der Waals surface area (Å²) < 4.78 is 12.0. The summed E-state index contributed by atoms with van der Waals surface area (Å²) in [5.74, 6) is 0.173. The first kappa shape index (κ1) is 15.7. The van der Waals surface area contributed by atoms with E-state index in [-0.39, 0.29) is 5.91 Å². The van der Waals surface area contributed by atoms with Gasteiger partial charge in [0.25, 0.3) is 0 Å². The molecule has 0 aliphatic heterocycles. The van der Waals surface area contributed by atoms with Gasteiger partial charge >= 0.3 is 0 Å². The van der Waals surface area contributed by atoms with Gasteiger partial charge in [-0.05, 0) is 25.0 Å². The van der Waals surface area contributed by atoms with E-state index < -0.39 is 16.2 Å². The average Bonchev–Trinajstić information content (AvgIpc) is 2.56. The van der Waals surface area contributed by atoms with Crippen LogP contribution in [0.5, 0.6) is 0 Å². The van der Waals surface area contributed by atoms with E-state index in [4.69, 9.17) is 0 Å². The Balaban J connectivity index is 1.84. The van der Waals surface area contributed by atoms with Gasteiger partial charge in [-0.1, -0.05) is 37.5 Å². The number of nitrogens with one attached hydrogen (secondary N) is 1. The third kappa shape index (κ3) is 3.92. The highest BCUT2D eigenvalue weighted by Crippen LogP contribution is 2.35. The van der Waals surface area contributed by atoms with Crippen LogP contribution in [0.1, 0.15) is 32.1 Å². The Bertz CT molecular complexity index is 545. The molecule has 1 aromatic rings. The Morgan fingerprint density at radius 1 is 1.24 bits per heavy atom. The van der Waals surface area contributed by atoms with Crippen LogP contribution >= 0.6 is 0 Å². The van der Waals surface area contributed by atoms with E-state index in [0.717, 1.165) is 24.2 Å². The van der Waals surface area contributed by atoms with Crippen LogP contribution in [-0.2, 0) is 15.6 Å². The van der Waals surface area contributed by atoms with Gasteiger partial charge in [0.2, 0.25) is 5.91 Å². The molecule has 5 heteroatoms. The van der Waals surface area contributed by atoms with Crippen molar-refractivity contribution in [1.29, 1.82) is 5.26 Å². The van der Waals surface area contributed by atoms with E-state index in [0.29, 0.717) is 25.1 Å². The van der Waals surface area contributed by atoms with Gasteiger partial charge in [-0.3, -0.25) is 9.00 Å². The van der Waals surface area contributed by atoms with Crippen LogP contribution in [0.3, 0.4) is 0 Å². The summed E-state index contributed by atoms with van der Waals surface area (Å²) in [6.45, 7) is 0.337. The van der Waals surface area contributed by atoms with Gasteiger partial charge in [0, 0.05) is 17.2 Å². The Kier molecular flexibility index (Phi) is 5.51. The van der Waals surface area contributed by atoms with Gasteiger partial charge in [-0.2, -0.15) is 5.26 Å². The van der Waals surface area contributed by atoms with Crippen molar-refractivity contribution < 1.29 is 9.00 Å². The molecule has 21 heavy (non-hydrogen) atoms. The lowest BCUT2D eigenvalue weighted by Gasteiger charge is -2.29. The van der Waals surface area contributed by atoms with Crippen molar-refractivity contribution >= 4 is 16.7 Å². The second-order valence-electron chi connectivity index (χ2n) is 5.37. The molecule has 2 rings (SSSR count). The van der Waals surface area contributed by atoms with Crippen molar-refractivity contribution in [1.82, 2.24) is 5.32 Å². The maximum atomic E-state index is 12.2. The van der Waals surface area contributed by atoms with Gasteiger partial charge in [0.1, 0.15) is 5.41 Å². The first-order chi connectivity index (χ1) is 10.2. The van der Waals surface area contributed by atoms with E-state index in [1.807, 2.05) is 30.3 Å². The molecular formula is C16H20N2O2S. The summed E-state index contributed by atoms with van der Waals surface area (Å²) >= 11 is 0. The van der Waals surface area contributed by atoms with Crippen molar-refractivity contribution in [3.05, 3.63) is 30.3 Å². The molecule has 1 atom stereocenters. The molecule has 1 saturated carbocycles. The number of hydrogen-bond donors (Lipinski definition) is 1. The topological polar surface area (TPSA) is 70.0 Å². The molecule has 0 saturated heterocycles. The minimum absolute atomic E-state index is 0.199. The van der Waals surface area contributed by atoms with E-state index in [9.17, 15) is 14.3 Å². The van der Waals surface area contributed by atoms with Crippen LogP contribution < -0.4 is 5.32 Å². The van der Waals surface area contributed by atoms with Crippen LogP contribution in [0.4, 0.5) is 0 Å². The predicted octanol–water partition coefficient (Wildman–Crippen LogP) is 2.38. The van der Waals surface area contributed by atoms with E-state index in [1.165, 1.54) is 0 Å². The van der Waals surface area contributed by atoms with Gasteiger partial charge in [-0.15, -0.1) is 0 Å². The zero-order valence-electron chi connectivity index (χ0n) is 12.0. The molecule has 0 bridgehead atoms. The first-order valence-corrected chi connectivity index (χ1v) is 8.63. The smallest absolute Gasteiger partial charge is 0.240 e. The zero-order valence-corrected chi connectivity index (χ0v) is 12.8. The van der Waals surface area contributed by atoms with E-state index >= 15 is 0 Å². The molecule has 0 heterocycles. The highest BCUT2D eigenvalue weighted by molar-refractivity contribution is 7.85. The lowest BCUT2D eigenvalue weighted by Crippen LogP contribution is -2.42. The number of amides is 1. The maximum Gasteiger partial charge on any atom is 0.240 e. The zero-order chi connectivity index (χ0) is 15.1. The molecule has 0 aromatic heterocycles. The minimum Gasteiger partial charge on any atom is -0.354 e. The van der Waals surface area contributed by atoms with Gasteiger partial charge < -0.3 is 5.32 Å². The fourth-order valence-corrected chi connectivity index (χ4v) is 3.65. The van der Waals surface area contributed by atoms with Gasteiger partial charge in [0.05, 0.1) is 16.9 Å². The average molecular weight is 304 g/mol. The van der Waals surface area contributed by atoms with Crippen molar-refractivity contribution in [2.75, 3.05) is 12.3 Å². The number of benzene rings is 1. The van der Waals surface area contributed by atoms with Crippen LogP contribution in [0.15, 0.2) is 35.2 Å². The summed E-state index contributed by atoms with van der Waals surface area (Å²) in [7, 11) is -1.12. The normalized spacial score (nSPS) is 18.4. The molecule has 0 unspecified atom stereocenters. The van der Waals surface area contributed by atoms with Crippen LogP contribution in [-0.4, -0.2) is 22.4 Å². The summed E-state index contributed by atoms with van der Waals surface area (Å²) in [6, 6.07) is 11.4. The van der Waals surface area contributed by atoms with E-state index in [1.54, 1.807) is 0 Å². The number of carbonyl (C=O) groups excluding carboxylic acids is 1. The van der Waals surface area contributed by atoms with Crippen molar-refractivity contribution in [2.45, 2.75) is 37.0 Å². The van der Waals surface area contributed by atoms with Crippen molar-refractivity contribution in [2.24, 2.45) is 5.41 Å². The molecule has 1 fully saturated rings. The Morgan fingerprint density at radius 2 is 1.90 bits per heavy atom. The Labute approximate surface area is 128 Å². The predicted molar refractivity (Wildman–Crippen MR) is 81.9 cm³/mol. The lowest BCUT2D eigenvalue weighted by atomic mass is 9.74. The van der Waals surface area contributed by atoms with Crippen molar-refractivity contribution in [3.8, 4) is 6.07 Å². The maximum absolute atomic E-state index is 12.2. The molecular weight excluding hydrogens is 284 g/mol. The monoisotopic (exact) mass is 304 g/mol. The Morgan fingerprint density at radius 3 is 2.52 bits per heavy atom. The van der Waals surface area contributed by atoms with Crippen LogP contribution in [0, 0.1) is 16.7 Å². The summed E-state index contributed by atoms with van der Waals surface area (Å²) in [6.07, 6.45) is 4.22. The minimum atomic E-state index is -1.12. The molecule has 1 aliphatic rings. The summed E-state index contributed by atoms with van der Waals surface area (Å²) in [5.41, 5.74) is -0.869. The van der Waals surface area contributed by atoms with E-state index in [2.05, 4.69) is 11.4 Å². The molecule has 1 N–H and O–H groups in total. The second kappa shape index (κ2) is 7.37. The van der Waals surface area contributed by atoms with Crippen molar-refractivity contribution in [3.63, 3.8) is 0 Å². The molecule has 1 amide bonds. The third-order valence-corrected chi connectivity index (χ3v) is 5.31. The number of nitrogens with zero attached hydrogens (tertiary/aromatic N) is 1. The lowest BCUT2D eigenvalue weighted by molar-refractivity contribution is -0.129. The third-order valence-electron chi connectivity index (χ3n) is 3.93. The first-order valence-electron chi connectivity index (χ1n) is 7.31. The summed E-state index contributed by atoms with van der Waals surface area (Å²) in [5, 5.41) is 12.1.